The summed E-state index contributed by atoms with van der Waals surface area (Å²) < 4.78 is 0.152. The van der Waals surface area contributed by atoms with E-state index in [2.05, 4.69) is 70.2 Å². The van der Waals surface area contributed by atoms with Crippen LogP contribution in [-0.2, 0) is 5.60 Å². The van der Waals surface area contributed by atoms with Gasteiger partial charge in [0.1, 0.15) is 0 Å². The van der Waals surface area contributed by atoms with Crippen LogP contribution in [0, 0.1) is 29.6 Å². The molecule has 0 aliphatic heterocycles. The highest BCUT2D eigenvalue weighted by Crippen LogP contribution is 2.44. The molecular weight excluding hydrogens is 448 g/mol. The molecule has 0 aromatic heterocycles. The van der Waals surface area contributed by atoms with Gasteiger partial charge in [-0.25, -0.2) is 0 Å². The molecule has 1 fully saturated rings. The Balaban J connectivity index is 2.02. The molecule has 2 unspecified atom stereocenters. The molecule has 0 spiro atoms. The smallest absolute Gasteiger partial charge is 0.176 e. The van der Waals surface area contributed by atoms with Gasteiger partial charge in [-0.05, 0) is 24.5 Å². The second-order valence-electron chi connectivity index (χ2n) is 11.3. The van der Waals surface area contributed by atoms with Gasteiger partial charge in [0, 0.05) is 27.2 Å². The molecule has 3 heteroatoms. The Morgan fingerprint density at radius 3 is 2.03 bits per heavy atom. The normalized spacial score (nSPS) is 19.8. The molecule has 1 aliphatic rings. The van der Waals surface area contributed by atoms with Crippen LogP contribution < -0.4 is 0 Å². The van der Waals surface area contributed by atoms with Crippen LogP contribution in [0.15, 0.2) is 72.3 Å². The summed E-state index contributed by atoms with van der Waals surface area (Å²) in [4.78, 5) is 0. The van der Waals surface area contributed by atoms with E-state index in [1.54, 1.807) is 0 Å². The van der Waals surface area contributed by atoms with Crippen LogP contribution in [0.1, 0.15) is 44.7 Å². The average Bonchev–Trinajstić information content (AvgIpc) is 3.15. The van der Waals surface area contributed by atoms with Crippen molar-refractivity contribution in [2.45, 2.75) is 74.9 Å². The minimum absolute atomic E-state index is 0.0874. The van der Waals surface area contributed by atoms with Crippen molar-refractivity contribution in [1.29, 1.82) is 0 Å². The third kappa shape index (κ3) is 7.41. The molecule has 178 valence electrons. The second-order valence-corrected chi connectivity index (χ2v) is 18.8. The summed E-state index contributed by atoms with van der Waals surface area (Å²) in [6.45, 7) is 13.8. The maximum Gasteiger partial charge on any atom is 0.176 e. The van der Waals surface area contributed by atoms with E-state index in [1.165, 1.54) is 5.57 Å². The molecule has 0 amide bonds. The fourth-order valence-electron chi connectivity index (χ4n) is 4.11. The van der Waals surface area contributed by atoms with E-state index >= 15 is 0 Å². The molecule has 0 bridgehead atoms. The standard InChI is InChI=1S/C31H38OSSi/c1-30(2,3)33-29-21-20-25(15-13-14-24-34(4,5)6)28(29)22-23-31(32,26-16-9-7-10-17-26)27-18-11-8-12-19-27/h7-12,15-19,28-29,32H,20-21,24H2,1-6H3/b25-15-. The molecule has 2 aromatic rings. The van der Waals surface area contributed by atoms with Crippen molar-refractivity contribution >= 4 is 19.8 Å². The number of aliphatic hydroxyl groups is 1. The average molecular weight is 487 g/mol. The lowest BCUT2D eigenvalue weighted by Gasteiger charge is -2.26. The Morgan fingerprint density at radius 1 is 0.971 bits per heavy atom. The van der Waals surface area contributed by atoms with Crippen LogP contribution in [0.5, 0.6) is 0 Å². The lowest BCUT2D eigenvalue weighted by Crippen LogP contribution is -2.26. The first-order chi connectivity index (χ1) is 16.0. The largest absolute Gasteiger partial charge is 0.369 e. The first-order valence-corrected chi connectivity index (χ1v) is 16.8. The molecule has 1 N–H and O–H groups in total. The zero-order valence-corrected chi connectivity index (χ0v) is 23.3. The molecule has 0 radical (unpaired) electrons. The number of thioether (sulfide) groups is 1. The molecule has 1 saturated carbocycles. The first kappa shape index (κ1) is 26.4. The Kier molecular flexibility index (Phi) is 8.59. The van der Waals surface area contributed by atoms with Gasteiger partial charge in [0.05, 0.1) is 14.0 Å². The number of rotatable bonds is 4. The molecule has 0 heterocycles. The highest BCUT2D eigenvalue weighted by atomic mass is 32.2. The van der Waals surface area contributed by atoms with Crippen molar-refractivity contribution in [1.82, 2.24) is 0 Å². The second kappa shape index (κ2) is 11.0. The zero-order valence-electron chi connectivity index (χ0n) is 21.5. The van der Waals surface area contributed by atoms with E-state index in [0.717, 1.165) is 30.0 Å². The first-order valence-electron chi connectivity index (χ1n) is 12.2. The fraction of sp³-hybridized carbons (Fsp3) is 0.419. The Morgan fingerprint density at radius 2 is 1.53 bits per heavy atom. The van der Waals surface area contributed by atoms with Gasteiger partial charge in [0.15, 0.2) is 5.60 Å². The minimum Gasteiger partial charge on any atom is -0.369 e. The lowest BCUT2D eigenvalue weighted by molar-refractivity contribution is 0.145. The predicted molar refractivity (Wildman–Crippen MR) is 152 cm³/mol. The summed E-state index contributed by atoms with van der Waals surface area (Å²) >= 11 is 2.00. The molecule has 1 nitrogen and oxygen atoms in total. The van der Waals surface area contributed by atoms with Gasteiger partial charge in [0.2, 0.25) is 0 Å². The fourth-order valence-corrected chi connectivity index (χ4v) is 6.27. The van der Waals surface area contributed by atoms with E-state index < -0.39 is 13.7 Å². The maximum absolute atomic E-state index is 11.9. The number of benzene rings is 2. The van der Waals surface area contributed by atoms with Gasteiger partial charge in [-0.3, -0.25) is 0 Å². The SMILES string of the molecule is CC(C)(C)SC1CC/C(=C/C#CC[Si](C)(C)C)C1C#CC(O)(c1ccccc1)c1ccccc1. The van der Waals surface area contributed by atoms with Crippen molar-refractivity contribution in [2.75, 3.05) is 0 Å². The number of allylic oxidation sites excluding steroid dienone is 2. The van der Waals surface area contributed by atoms with Crippen LogP contribution >= 0.6 is 11.8 Å². The third-order valence-corrected chi connectivity index (χ3v) is 8.52. The van der Waals surface area contributed by atoms with Crippen LogP contribution in [-0.4, -0.2) is 23.2 Å². The van der Waals surface area contributed by atoms with Crippen LogP contribution in [0.3, 0.4) is 0 Å². The number of hydrogen-bond donors (Lipinski definition) is 1. The van der Waals surface area contributed by atoms with Crippen molar-refractivity contribution in [2.24, 2.45) is 5.92 Å². The zero-order chi connectivity index (χ0) is 24.8. The van der Waals surface area contributed by atoms with Gasteiger partial charge < -0.3 is 5.11 Å². The summed E-state index contributed by atoms with van der Waals surface area (Å²) in [5.74, 6) is 13.7. The van der Waals surface area contributed by atoms with Crippen molar-refractivity contribution in [3.63, 3.8) is 0 Å². The lowest BCUT2D eigenvalue weighted by atomic mass is 9.86. The predicted octanol–water partition coefficient (Wildman–Crippen LogP) is 7.50. The summed E-state index contributed by atoms with van der Waals surface area (Å²) in [5.41, 5.74) is 1.55. The van der Waals surface area contributed by atoms with Crippen LogP contribution in [0.2, 0.25) is 25.7 Å². The highest BCUT2D eigenvalue weighted by molar-refractivity contribution is 8.01. The van der Waals surface area contributed by atoms with Gasteiger partial charge in [-0.15, -0.1) is 5.92 Å². The van der Waals surface area contributed by atoms with E-state index in [-0.39, 0.29) is 10.7 Å². The molecule has 2 atom stereocenters. The van der Waals surface area contributed by atoms with Gasteiger partial charge >= 0.3 is 0 Å². The molecule has 3 rings (SSSR count). The Labute approximate surface area is 212 Å². The number of hydrogen-bond acceptors (Lipinski definition) is 2. The van der Waals surface area contributed by atoms with Crippen molar-refractivity contribution in [3.8, 4) is 23.7 Å². The van der Waals surface area contributed by atoms with E-state index in [1.807, 2.05) is 72.4 Å². The minimum atomic E-state index is -1.35. The molecule has 1 aliphatic carbocycles. The van der Waals surface area contributed by atoms with E-state index in [9.17, 15) is 5.11 Å². The third-order valence-electron chi connectivity index (χ3n) is 5.76. The molecule has 34 heavy (non-hydrogen) atoms. The Bertz CT molecular complexity index is 1060. The quantitative estimate of drug-likeness (QED) is 0.356. The molecule has 0 saturated heterocycles. The van der Waals surface area contributed by atoms with E-state index in [0.29, 0.717) is 5.25 Å². The molecular formula is C31H38OSSi. The Hall–Kier alpha value is -2.17. The van der Waals surface area contributed by atoms with Crippen LogP contribution in [0.4, 0.5) is 0 Å². The summed E-state index contributed by atoms with van der Waals surface area (Å²) in [7, 11) is -1.18. The van der Waals surface area contributed by atoms with Gasteiger partial charge in [0.25, 0.3) is 0 Å². The highest BCUT2D eigenvalue weighted by Gasteiger charge is 2.35. The van der Waals surface area contributed by atoms with Crippen LogP contribution in [0.25, 0.3) is 0 Å². The van der Waals surface area contributed by atoms with Crippen molar-refractivity contribution < 1.29 is 5.11 Å². The molecule has 2 aromatic carbocycles. The topological polar surface area (TPSA) is 20.2 Å². The summed E-state index contributed by atoms with van der Waals surface area (Å²) in [6, 6.07) is 20.6. The summed E-state index contributed by atoms with van der Waals surface area (Å²) in [6.07, 6.45) is 4.23. The van der Waals surface area contributed by atoms with E-state index in [4.69, 9.17) is 0 Å². The van der Waals surface area contributed by atoms with Crippen molar-refractivity contribution in [3.05, 3.63) is 83.4 Å². The maximum atomic E-state index is 11.9. The summed E-state index contributed by atoms with van der Waals surface area (Å²) in [5, 5.41) is 12.3. The monoisotopic (exact) mass is 486 g/mol. The van der Waals surface area contributed by atoms with Gasteiger partial charge in [-0.2, -0.15) is 11.8 Å². The van der Waals surface area contributed by atoms with Gasteiger partial charge in [-0.1, -0.05) is 119 Å².